The van der Waals surface area contributed by atoms with Crippen molar-refractivity contribution in [3.63, 3.8) is 0 Å². The topological polar surface area (TPSA) is 50.7 Å². The van der Waals surface area contributed by atoms with E-state index in [1.165, 1.54) is 0 Å². The lowest BCUT2D eigenvalue weighted by atomic mass is 10.3. The molecule has 0 aliphatic heterocycles. The van der Waals surface area contributed by atoms with Crippen LogP contribution in [0.4, 0.5) is 0 Å². The van der Waals surface area contributed by atoms with E-state index in [0.29, 0.717) is 15.1 Å². The molecule has 0 radical (unpaired) electrons. The summed E-state index contributed by atoms with van der Waals surface area (Å²) in [5.41, 5.74) is 1.15. The molecule has 0 aliphatic rings. The fraction of sp³-hybridized carbons (Fsp3) is 0. The monoisotopic (exact) mass is 323 g/mol. The molecule has 18 heavy (non-hydrogen) atoms. The second-order valence-electron chi connectivity index (χ2n) is 3.76. The summed E-state index contributed by atoms with van der Waals surface area (Å²) in [7, 11) is 0. The number of H-pyrrole nitrogens is 1. The van der Waals surface area contributed by atoms with E-state index in [4.69, 9.17) is 11.6 Å². The molecule has 0 fully saturated rings. The van der Waals surface area contributed by atoms with Gasteiger partial charge in [-0.15, -0.1) is 0 Å². The minimum atomic E-state index is -0.198. The molecule has 1 N–H and O–H groups in total. The SMILES string of the molecule is O=c1[nH]c2c(cnn2-c2ccccc2Cl)cc1Br. The molecule has 0 unspecified atom stereocenters. The van der Waals surface area contributed by atoms with Crippen LogP contribution in [0.2, 0.25) is 5.02 Å². The van der Waals surface area contributed by atoms with Gasteiger partial charge in [-0.25, -0.2) is 4.68 Å². The van der Waals surface area contributed by atoms with Crippen molar-refractivity contribution >= 4 is 38.6 Å². The van der Waals surface area contributed by atoms with E-state index in [1.54, 1.807) is 23.0 Å². The number of para-hydroxylation sites is 1. The maximum atomic E-state index is 11.6. The zero-order valence-electron chi connectivity index (χ0n) is 9.02. The van der Waals surface area contributed by atoms with E-state index >= 15 is 0 Å². The summed E-state index contributed by atoms with van der Waals surface area (Å²) >= 11 is 9.31. The highest BCUT2D eigenvalue weighted by atomic mass is 79.9. The number of rotatable bonds is 1. The van der Waals surface area contributed by atoms with E-state index in [-0.39, 0.29) is 5.56 Å². The molecule has 0 spiro atoms. The van der Waals surface area contributed by atoms with Gasteiger partial charge in [0, 0.05) is 5.39 Å². The molecule has 0 aliphatic carbocycles. The summed E-state index contributed by atoms with van der Waals surface area (Å²) in [6, 6.07) is 9.06. The molecule has 3 aromatic rings. The van der Waals surface area contributed by atoms with Gasteiger partial charge in [-0.3, -0.25) is 4.79 Å². The van der Waals surface area contributed by atoms with Crippen molar-refractivity contribution in [2.24, 2.45) is 0 Å². The van der Waals surface area contributed by atoms with E-state index in [9.17, 15) is 4.79 Å². The molecule has 0 saturated carbocycles. The smallest absolute Gasteiger partial charge is 0.263 e. The van der Waals surface area contributed by atoms with Crippen LogP contribution in [0, 0.1) is 0 Å². The predicted molar refractivity (Wildman–Crippen MR) is 74.4 cm³/mol. The maximum absolute atomic E-state index is 11.6. The Morgan fingerprint density at radius 2 is 2.11 bits per heavy atom. The van der Waals surface area contributed by atoms with Crippen LogP contribution >= 0.6 is 27.5 Å². The van der Waals surface area contributed by atoms with Crippen LogP contribution in [0.25, 0.3) is 16.7 Å². The summed E-state index contributed by atoms with van der Waals surface area (Å²) in [5, 5.41) is 5.66. The summed E-state index contributed by atoms with van der Waals surface area (Å²) in [6.45, 7) is 0. The van der Waals surface area contributed by atoms with Gasteiger partial charge in [-0.1, -0.05) is 23.7 Å². The van der Waals surface area contributed by atoms with Crippen molar-refractivity contribution in [2.45, 2.75) is 0 Å². The number of nitrogens with one attached hydrogen (secondary N) is 1. The van der Waals surface area contributed by atoms with Gasteiger partial charge < -0.3 is 4.98 Å². The van der Waals surface area contributed by atoms with Crippen LogP contribution in [0.3, 0.4) is 0 Å². The first-order valence-corrected chi connectivity index (χ1v) is 6.35. The Morgan fingerprint density at radius 1 is 1.33 bits per heavy atom. The number of aromatic nitrogens is 3. The average Bonchev–Trinajstić information content (AvgIpc) is 2.73. The first-order chi connectivity index (χ1) is 8.66. The highest BCUT2D eigenvalue weighted by Gasteiger charge is 2.09. The van der Waals surface area contributed by atoms with Gasteiger partial charge in [0.1, 0.15) is 5.65 Å². The number of nitrogens with zero attached hydrogens (tertiary/aromatic N) is 2. The molecule has 0 bridgehead atoms. The number of aromatic amines is 1. The van der Waals surface area contributed by atoms with Crippen LogP contribution < -0.4 is 5.56 Å². The van der Waals surface area contributed by atoms with Gasteiger partial charge in [0.2, 0.25) is 0 Å². The van der Waals surface area contributed by atoms with Gasteiger partial charge >= 0.3 is 0 Å². The Bertz CT molecular complexity index is 793. The lowest BCUT2D eigenvalue weighted by Crippen LogP contribution is -2.08. The van der Waals surface area contributed by atoms with Crippen LogP contribution in [0.15, 0.2) is 45.8 Å². The van der Waals surface area contributed by atoms with E-state index in [2.05, 4.69) is 26.0 Å². The van der Waals surface area contributed by atoms with Crippen LogP contribution in [-0.2, 0) is 0 Å². The molecule has 0 atom stereocenters. The number of hydrogen-bond donors (Lipinski definition) is 1. The molecule has 2 heterocycles. The minimum Gasteiger partial charge on any atom is -0.305 e. The molecular weight excluding hydrogens is 318 g/mol. The molecule has 0 saturated heterocycles. The zero-order valence-corrected chi connectivity index (χ0v) is 11.4. The number of hydrogen-bond acceptors (Lipinski definition) is 2. The van der Waals surface area contributed by atoms with Crippen LogP contribution in [0.5, 0.6) is 0 Å². The molecule has 3 rings (SSSR count). The Hall–Kier alpha value is -1.59. The van der Waals surface area contributed by atoms with Gasteiger partial charge in [-0.05, 0) is 34.1 Å². The molecule has 1 aromatic carbocycles. The summed E-state index contributed by atoms with van der Waals surface area (Å²) < 4.78 is 2.10. The lowest BCUT2D eigenvalue weighted by Gasteiger charge is -2.05. The van der Waals surface area contributed by atoms with Gasteiger partial charge in [0.05, 0.1) is 21.4 Å². The van der Waals surface area contributed by atoms with Crippen molar-refractivity contribution < 1.29 is 0 Å². The van der Waals surface area contributed by atoms with Crippen LogP contribution in [-0.4, -0.2) is 14.8 Å². The second kappa shape index (κ2) is 4.26. The van der Waals surface area contributed by atoms with E-state index in [0.717, 1.165) is 11.1 Å². The summed E-state index contributed by atoms with van der Waals surface area (Å²) in [4.78, 5) is 14.4. The van der Waals surface area contributed by atoms with Gasteiger partial charge in [0.25, 0.3) is 5.56 Å². The van der Waals surface area contributed by atoms with Gasteiger partial charge in [-0.2, -0.15) is 5.10 Å². The molecule has 4 nitrogen and oxygen atoms in total. The molecule has 0 amide bonds. The molecule has 2 aromatic heterocycles. The summed E-state index contributed by atoms with van der Waals surface area (Å²) in [5.74, 6) is 0. The highest BCUT2D eigenvalue weighted by molar-refractivity contribution is 9.10. The highest BCUT2D eigenvalue weighted by Crippen LogP contribution is 2.23. The second-order valence-corrected chi connectivity index (χ2v) is 5.02. The fourth-order valence-electron chi connectivity index (χ4n) is 1.77. The van der Waals surface area contributed by atoms with E-state index < -0.39 is 0 Å². The number of fused-ring (bicyclic) bond motifs is 1. The minimum absolute atomic E-state index is 0.198. The van der Waals surface area contributed by atoms with Gasteiger partial charge in [0.15, 0.2) is 0 Å². The van der Waals surface area contributed by atoms with Crippen molar-refractivity contribution in [2.75, 3.05) is 0 Å². The largest absolute Gasteiger partial charge is 0.305 e. The molecule has 6 heteroatoms. The number of benzene rings is 1. The standard InChI is InChI=1S/C12H7BrClN3O/c13-8-5-7-6-15-17(11(7)16-12(8)18)10-4-2-1-3-9(10)14/h1-6H,(H,16,18). The third kappa shape index (κ3) is 1.76. The Labute approximate surface area is 115 Å². The molecular formula is C12H7BrClN3O. The number of halogens is 2. The molecule has 90 valence electrons. The third-order valence-electron chi connectivity index (χ3n) is 2.61. The maximum Gasteiger partial charge on any atom is 0.263 e. The number of pyridine rings is 1. The van der Waals surface area contributed by atoms with Crippen molar-refractivity contribution in [1.29, 1.82) is 0 Å². The average molecular weight is 325 g/mol. The zero-order chi connectivity index (χ0) is 12.7. The fourth-order valence-corrected chi connectivity index (χ4v) is 2.33. The first-order valence-electron chi connectivity index (χ1n) is 5.18. The van der Waals surface area contributed by atoms with Crippen molar-refractivity contribution in [1.82, 2.24) is 14.8 Å². The Balaban J connectivity index is 2.35. The summed E-state index contributed by atoms with van der Waals surface area (Å²) in [6.07, 6.45) is 1.68. The quantitative estimate of drug-likeness (QED) is 0.747. The van der Waals surface area contributed by atoms with Crippen LogP contribution in [0.1, 0.15) is 0 Å². The first kappa shape index (κ1) is 11.5. The van der Waals surface area contributed by atoms with Crippen molar-refractivity contribution in [3.05, 3.63) is 56.4 Å². The Morgan fingerprint density at radius 3 is 2.89 bits per heavy atom. The third-order valence-corrected chi connectivity index (χ3v) is 3.52. The Kier molecular flexibility index (Phi) is 2.72. The lowest BCUT2D eigenvalue weighted by molar-refractivity contribution is 0.894. The normalized spacial score (nSPS) is 11.0. The van der Waals surface area contributed by atoms with Crippen molar-refractivity contribution in [3.8, 4) is 5.69 Å². The van der Waals surface area contributed by atoms with E-state index in [1.807, 2.05) is 18.2 Å². The predicted octanol–water partition coefficient (Wildman–Crippen LogP) is 3.13.